The number of carbonyl (C=O) groups excluding carboxylic acids is 1. The molecule has 1 amide bonds. The van der Waals surface area contributed by atoms with E-state index in [0.717, 1.165) is 10.9 Å². The average Bonchev–Trinajstić information content (AvgIpc) is 2.84. The summed E-state index contributed by atoms with van der Waals surface area (Å²) < 4.78 is 0. The van der Waals surface area contributed by atoms with Gasteiger partial charge in [-0.25, -0.2) is 0 Å². The predicted molar refractivity (Wildman–Crippen MR) is 68.3 cm³/mol. The highest BCUT2D eigenvalue weighted by Crippen LogP contribution is 2.20. The molecule has 0 bridgehead atoms. The summed E-state index contributed by atoms with van der Waals surface area (Å²) in [5.74, 6) is -0.0230. The highest BCUT2D eigenvalue weighted by Gasteiger charge is 2.26. The molecule has 1 unspecified atom stereocenters. The maximum Gasteiger partial charge on any atom is 0.254 e. The van der Waals surface area contributed by atoms with E-state index in [4.69, 9.17) is 0 Å². The van der Waals surface area contributed by atoms with Crippen molar-refractivity contribution in [1.29, 1.82) is 0 Å². The molecule has 4 heteroatoms. The lowest BCUT2D eigenvalue weighted by atomic mass is 10.1. The maximum atomic E-state index is 12.4. The number of carbonyl (C=O) groups is 1. The molecule has 1 aliphatic rings. The Morgan fingerprint density at radius 3 is 3.00 bits per heavy atom. The number of β-amino-alcohol motifs (C(OH)–C–C–N with tert-alkyl or cyclic N) is 1. The molecule has 92 valence electrons. The molecule has 2 aromatic rings. The maximum absolute atomic E-state index is 12.4. The van der Waals surface area contributed by atoms with Crippen molar-refractivity contribution in [2.75, 3.05) is 13.1 Å². The fraction of sp³-hybridized carbons (Fsp3) is 0.286. The number of aliphatic hydroxyl groups is 1. The number of fused-ring (bicyclic) bond motifs is 1. The number of hydrogen-bond donors (Lipinski definition) is 1. The molecule has 1 aromatic carbocycles. The van der Waals surface area contributed by atoms with Gasteiger partial charge in [0.2, 0.25) is 0 Å². The van der Waals surface area contributed by atoms with Crippen LogP contribution in [0.1, 0.15) is 16.8 Å². The van der Waals surface area contributed by atoms with Gasteiger partial charge in [0.05, 0.1) is 11.6 Å². The van der Waals surface area contributed by atoms with E-state index in [9.17, 15) is 9.90 Å². The van der Waals surface area contributed by atoms with Crippen LogP contribution in [0.3, 0.4) is 0 Å². The van der Waals surface area contributed by atoms with Gasteiger partial charge in [-0.1, -0.05) is 12.1 Å². The van der Waals surface area contributed by atoms with Crippen LogP contribution < -0.4 is 0 Å². The summed E-state index contributed by atoms with van der Waals surface area (Å²) in [6.45, 7) is 1.05. The zero-order valence-corrected chi connectivity index (χ0v) is 9.91. The molecule has 1 fully saturated rings. The van der Waals surface area contributed by atoms with E-state index in [1.54, 1.807) is 11.1 Å². The first-order chi connectivity index (χ1) is 8.75. The van der Waals surface area contributed by atoms with Gasteiger partial charge in [-0.15, -0.1) is 0 Å². The second-order valence-electron chi connectivity index (χ2n) is 4.57. The number of pyridine rings is 1. The quantitative estimate of drug-likeness (QED) is 0.823. The van der Waals surface area contributed by atoms with Crippen LogP contribution in [0.5, 0.6) is 0 Å². The molecular weight excluding hydrogens is 228 g/mol. The van der Waals surface area contributed by atoms with Crippen molar-refractivity contribution in [3.8, 4) is 0 Å². The Hall–Kier alpha value is -1.94. The fourth-order valence-electron chi connectivity index (χ4n) is 2.39. The predicted octanol–water partition coefficient (Wildman–Crippen LogP) is 1.44. The third kappa shape index (κ3) is 1.84. The van der Waals surface area contributed by atoms with Gasteiger partial charge in [0.15, 0.2) is 0 Å². The summed E-state index contributed by atoms with van der Waals surface area (Å²) in [4.78, 5) is 18.3. The van der Waals surface area contributed by atoms with Crippen LogP contribution in [0.4, 0.5) is 0 Å². The van der Waals surface area contributed by atoms with Gasteiger partial charge in [0, 0.05) is 30.2 Å². The van der Waals surface area contributed by atoms with Gasteiger partial charge in [-0.05, 0) is 24.6 Å². The number of aromatic nitrogens is 1. The van der Waals surface area contributed by atoms with Gasteiger partial charge in [0.1, 0.15) is 0 Å². The smallest absolute Gasteiger partial charge is 0.254 e. The Kier molecular flexibility index (Phi) is 2.72. The van der Waals surface area contributed by atoms with Gasteiger partial charge >= 0.3 is 0 Å². The molecule has 0 saturated carbocycles. The van der Waals surface area contributed by atoms with E-state index in [1.165, 1.54) is 0 Å². The van der Waals surface area contributed by atoms with Crippen LogP contribution >= 0.6 is 0 Å². The molecule has 2 heterocycles. The lowest BCUT2D eigenvalue weighted by Crippen LogP contribution is -2.29. The fourth-order valence-corrected chi connectivity index (χ4v) is 2.39. The van der Waals surface area contributed by atoms with E-state index in [-0.39, 0.29) is 12.0 Å². The van der Waals surface area contributed by atoms with E-state index in [2.05, 4.69) is 4.98 Å². The zero-order valence-electron chi connectivity index (χ0n) is 9.91. The number of aliphatic hydroxyl groups excluding tert-OH is 1. The largest absolute Gasteiger partial charge is 0.391 e. The summed E-state index contributed by atoms with van der Waals surface area (Å²) in [6, 6.07) is 9.29. The molecule has 18 heavy (non-hydrogen) atoms. The van der Waals surface area contributed by atoms with Crippen LogP contribution in [0.15, 0.2) is 36.5 Å². The minimum Gasteiger partial charge on any atom is -0.391 e. The molecule has 0 aliphatic carbocycles. The third-order valence-corrected chi connectivity index (χ3v) is 3.33. The highest BCUT2D eigenvalue weighted by atomic mass is 16.3. The van der Waals surface area contributed by atoms with Crippen molar-refractivity contribution in [2.45, 2.75) is 12.5 Å². The lowest BCUT2D eigenvalue weighted by Gasteiger charge is -2.16. The Bertz CT molecular complexity index is 592. The van der Waals surface area contributed by atoms with E-state index < -0.39 is 0 Å². The standard InChI is InChI=1S/C14H14N2O2/c17-10-6-8-16(9-10)14(18)12-3-1-5-13-11(12)4-2-7-15-13/h1-5,7,10,17H,6,8-9H2. The van der Waals surface area contributed by atoms with E-state index in [1.807, 2.05) is 30.3 Å². The number of rotatable bonds is 1. The first-order valence-electron chi connectivity index (χ1n) is 6.07. The molecule has 0 radical (unpaired) electrons. The Balaban J connectivity index is 2.01. The number of benzene rings is 1. The Morgan fingerprint density at radius 1 is 1.33 bits per heavy atom. The van der Waals surface area contributed by atoms with Crippen LogP contribution in [0.2, 0.25) is 0 Å². The molecule has 1 aliphatic heterocycles. The molecule has 3 rings (SSSR count). The summed E-state index contributed by atoms with van der Waals surface area (Å²) in [5.41, 5.74) is 1.48. The van der Waals surface area contributed by atoms with Crippen molar-refractivity contribution in [3.63, 3.8) is 0 Å². The van der Waals surface area contributed by atoms with Crippen molar-refractivity contribution >= 4 is 16.8 Å². The molecule has 1 saturated heterocycles. The van der Waals surface area contributed by atoms with Crippen molar-refractivity contribution in [1.82, 2.24) is 9.88 Å². The zero-order chi connectivity index (χ0) is 12.5. The average molecular weight is 242 g/mol. The number of likely N-dealkylation sites (tertiary alicyclic amines) is 1. The minimum atomic E-state index is -0.387. The monoisotopic (exact) mass is 242 g/mol. The van der Waals surface area contributed by atoms with Gasteiger partial charge in [-0.2, -0.15) is 0 Å². The second kappa shape index (κ2) is 4.38. The second-order valence-corrected chi connectivity index (χ2v) is 4.57. The van der Waals surface area contributed by atoms with Crippen LogP contribution in [-0.4, -0.2) is 40.1 Å². The van der Waals surface area contributed by atoms with Crippen molar-refractivity contribution in [2.24, 2.45) is 0 Å². The number of amides is 1. The molecule has 1 aromatic heterocycles. The summed E-state index contributed by atoms with van der Waals surface area (Å²) in [7, 11) is 0. The van der Waals surface area contributed by atoms with Crippen LogP contribution in [0, 0.1) is 0 Å². The molecule has 1 N–H and O–H groups in total. The molecular formula is C14H14N2O2. The van der Waals surface area contributed by atoms with E-state index >= 15 is 0 Å². The Labute approximate surface area is 105 Å². The molecule has 1 atom stereocenters. The van der Waals surface area contributed by atoms with Gasteiger partial charge in [0.25, 0.3) is 5.91 Å². The van der Waals surface area contributed by atoms with Crippen molar-refractivity contribution in [3.05, 3.63) is 42.1 Å². The molecule has 4 nitrogen and oxygen atoms in total. The van der Waals surface area contributed by atoms with Crippen molar-refractivity contribution < 1.29 is 9.90 Å². The highest BCUT2D eigenvalue weighted by molar-refractivity contribution is 6.06. The summed E-state index contributed by atoms with van der Waals surface area (Å²) >= 11 is 0. The van der Waals surface area contributed by atoms with Crippen LogP contribution in [0.25, 0.3) is 10.9 Å². The van der Waals surface area contributed by atoms with Gasteiger partial charge < -0.3 is 10.0 Å². The first kappa shape index (κ1) is 11.2. The summed E-state index contributed by atoms with van der Waals surface area (Å²) in [5, 5.41) is 10.4. The molecule has 0 spiro atoms. The minimum absolute atomic E-state index is 0.0230. The number of hydrogen-bond acceptors (Lipinski definition) is 3. The lowest BCUT2D eigenvalue weighted by molar-refractivity contribution is 0.0767. The SMILES string of the molecule is O=C(c1cccc2ncccc12)N1CCC(O)C1. The van der Waals surface area contributed by atoms with E-state index in [0.29, 0.717) is 25.1 Å². The normalized spacial score (nSPS) is 19.4. The van der Waals surface area contributed by atoms with Crippen LogP contribution in [-0.2, 0) is 0 Å². The summed E-state index contributed by atoms with van der Waals surface area (Å²) in [6.07, 6.45) is 1.99. The topological polar surface area (TPSA) is 53.4 Å². The van der Waals surface area contributed by atoms with Gasteiger partial charge in [-0.3, -0.25) is 9.78 Å². The Morgan fingerprint density at radius 2 is 2.22 bits per heavy atom. The number of nitrogens with zero attached hydrogens (tertiary/aromatic N) is 2. The first-order valence-corrected chi connectivity index (χ1v) is 6.07. The third-order valence-electron chi connectivity index (χ3n) is 3.33.